The number of hydrogen-bond acceptors (Lipinski definition) is 4. The lowest BCUT2D eigenvalue weighted by Crippen LogP contribution is -2.48. The molecule has 0 N–H and O–H groups in total. The van der Waals surface area contributed by atoms with Crippen LogP contribution in [0.25, 0.3) is 0 Å². The number of hydrazine groups is 1. The van der Waals surface area contributed by atoms with Crippen LogP contribution in [0.15, 0.2) is 0 Å². The molecular weight excluding hydrogens is 168 g/mol. The molecule has 74 valence electrons. The molecule has 4 heteroatoms. The van der Waals surface area contributed by atoms with Crippen molar-refractivity contribution in [3.8, 4) is 0 Å². The van der Waals surface area contributed by atoms with Crippen LogP contribution in [0, 0.1) is 0 Å². The summed E-state index contributed by atoms with van der Waals surface area (Å²) in [6.45, 7) is 3.70. The molecule has 0 amide bonds. The van der Waals surface area contributed by atoms with Crippen LogP contribution in [0.1, 0.15) is 19.3 Å². The molecule has 2 aliphatic heterocycles. The number of carbonyl (C=O) groups is 1. The lowest BCUT2D eigenvalue weighted by atomic mass is 10.2. The van der Waals surface area contributed by atoms with Gasteiger partial charge < -0.3 is 4.74 Å². The maximum atomic E-state index is 10.7. The molecule has 0 bridgehead atoms. The first kappa shape index (κ1) is 9.12. The van der Waals surface area contributed by atoms with Gasteiger partial charge in [-0.05, 0) is 12.8 Å². The van der Waals surface area contributed by atoms with Crippen LogP contribution < -0.4 is 0 Å². The number of nitrogens with zero attached hydrogens (tertiary/aromatic N) is 2. The third kappa shape index (κ3) is 1.90. The van der Waals surface area contributed by atoms with Crippen LogP contribution in [0.2, 0.25) is 0 Å². The number of carbonyl (C=O) groups excluding carboxylic acids is 1. The van der Waals surface area contributed by atoms with Crippen molar-refractivity contribution < 1.29 is 9.53 Å². The van der Waals surface area contributed by atoms with Gasteiger partial charge in [0.05, 0.1) is 6.61 Å². The van der Waals surface area contributed by atoms with E-state index in [2.05, 4.69) is 10.0 Å². The van der Waals surface area contributed by atoms with Crippen molar-refractivity contribution in [2.45, 2.75) is 25.5 Å². The molecule has 0 spiro atoms. The van der Waals surface area contributed by atoms with E-state index in [1.165, 1.54) is 19.3 Å². The Labute approximate surface area is 78.4 Å². The van der Waals surface area contributed by atoms with Gasteiger partial charge in [-0.15, -0.1) is 0 Å². The average Bonchev–Trinajstić information content (AvgIpc) is 2.67. The summed E-state index contributed by atoms with van der Waals surface area (Å²) >= 11 is 0. The molecule has 2 aliphatic rings. The first-order chi connectivity index (χ1) is 6.42. The fourth-order valence-corrected chi connectivity index (χ4v) is 2.03. The summed E-state index contributed by atoms with van der Waals surface area (Å²) in [4.78, 5) is 10.7. The lowest BCUT2D eigenvalue weighted by Gasteiger charge is -2.35. The van der Waals surface area contributed by atoms with E-state index in [4.69, 9.17) is 4.74 Å². The van der Waals surface area contributed by atoms with Crippen molar-refractivity contribution >= 4 is 6.29 Å². The van der Waals surface area contributed by atoms with Crippen molar-refractivity contribution in [3.63, 3.8) is 0 Å². The molecule has 1 atom stereocenters. The van der Waals surface area contributed by atoms with Crippen LogP contribution in [-0.4, -0.2) is 48.8 Å². The summed E-state index contributed by atoms with van der Waals surface area (Å²) in [5, 5.41) is 4.32. The lowest BCUT2D eigenvalue weighted by molar-refractivity contribution is -0.139. The van der Waals surface area contributed by atoms with Crippen molar-refractivity contribution in [1.29, 1.82) is 0 Å². The first-order valence-corrected chi connectivity index (χ1v) is 5.00. The van der Waals surface area contributed by atoms with Crippen molar-refractivity contribution in [3.05, 3.63) is 0 Å². The summed E-state index contributed by atoms with van der Waals surface area (Å²) in [7, 11) is 0. The van der Waals surface area contributed by atoms with Gasteiger partial charge in [-0.25, -0.2) is 10.0 Å². The molecule has 1 unspecified atom stereocenters. The summed E-state index contributed by atoms with van der Waals surface area (Å²) < 4.78 is 5.28. The Morgan fingerprint density at radius 3 is 2.62 bits per heavy atom. The van der Waals surface area contributed by atoms with Crippen LogP contribution in [0.5, 0.6) is 0 Å². The van der Waals surface area contributed by atoms with E-state index in [0.29, 0.717) is 6.61 Å². The Hall–Kier alpha value is -0.450. The first-order valence-electron chi connectivity index (χ1n) is 5.00. The standard InChI is InChI=1S/C9H16N2O2/c12-8-9-11(6-7-13-9)10-4-2-1-3-5-10/h8-9H,1-7H2. The molecule has 2 fully saturated rings. The van der Waals surface area contributed by atoms with Gasteiger partial charge in [0.25, 0.3) is 0 Å². The number of piperidine rings is 1. The summed E-state index contributed by atoms with van der Waals surface area (Å²) in [6.07, 6.45) is 4.36. The monoisotopic (exact) mass is 184 g/mol. The maximum Gasteiger partial charge on any atom is 0.179 e. The van der Waals surface area contributed by atoms with E-state index in [1.54, 1.807) is 0 Å². The van der Waals surface area contributed by atoms with Crippen LogP contribution in [0.4, 0.5) is 0 Å². The Bertz CT molecular complexity index is 180. The van der Waals surface area contributed by atoms with Gasteiger partial charge in [0.2, 0.25) is 0 Å². The molecule has 2 heterocycles. The molecule has 2 saturated heterocycles. The zero-order valence-corrected chi connectivity index (χ0v) is 7.82. The van der Waals surface area contributed by atoms with E-state index in [0.717, 1.165) is 25.9 Å². The second-order valence-electron chi connectivity index (χ2n) is 3.57. The largest absolute Gasteiger partial charge is 0.353 e. The maximum absolute atomic E-state index is 10.7. The second-order valence-corrected chi connectivity index (χ2v) is 3.57. The molecule has 0 saturated carbocycles. The van der Waals surface area contributed by atoms with E-state index >= 15 is 0 Å². The highest BCUT2D eigenvalue weighted by Crippen LogP contribution is 2.17. The summed E-state index contributed by atoms with van der Waals surface area (Å²) in [5.41, 5.74) is 0. The Kier molecular flexibility index (Phi) is 2.93. The topological polar surface area (TPSA) is 32.8 Å². The highest BCUT2D eigenvalue weighted by molar-refractivity contribution is 5.55. The van der Waals surface area contributed by atoms with Crippen LogP contribution >= 0.6 is 0 Å². The Morgan fingerprint density at radius 1 is 1.15 bits per heavy atom. The van der Waals surface area contributed by atoms with Crippen molar-refractivity contribution in [2.75, 3.05) is 26.2 Å². The van der Waals surface area contributed by atoms with Crippen molar-refractivity contribution in [2.24, 2.45) is 0 Å². The molecule has 2 rings (SSSR count). The predicted molar refractivity (Wildman–Crippen MR) is 47.9 cm³/mol. The normalized spacial score (nSPS) is 32.2. The third-order valence-electron chi connectivity index (χ3n) is 2.71. The van der Waals surface area contributed by atoms with Gasteiger partial charge in [-0.1, -0.05) is 6.42 Å². The van der Waals surface area contributed by atoms with Gasteiger partial charge in [-0.3, -0.25) is 4.79 Å². The van der Waals surface area contributed by atoms with E-state index in [9.17, 15) is 4.79 Å². The molecule has 4 nitrogen and oxygen atoms in total. The van der Waals surface area contributed by atoms with E-state index < -0.39 is 0 Å². The Morgan fingerprint density at radius 2 is 1.92 bits per heavy atom. The highest BCUT2D eigenvalue weighted by Gasteiger charge is 2.30. The number of hydrogen-bond donors (Lipinski definition) is 0. The highest BCUT2D eigenvalue weighted by atomic mass is 16.5. The quantitative estimate of drug-likeness (QED) is 0.576. The molecule has 13 heavy (non-hydrogen) atoms. The molecule has 0 aromatic rings. The minimum atomic E-state index is -0.321. The zero-order chi connectivity index (χ0) is 9.10. The van der Waals surface area contributed by atoms with Gasteiger partial charge in [0.1, 0.15) is 0 Å². The number of aldehydes is 1. The molecular formula is C9H16N2O2. The minimum absolute atomic E-state index is 0.321. The van der Waals surface area contributed by atoms with Crippen molar-refractivity contribution in [1.82, 2.24) is 10.0 Å². The molecule has 0 aromatic carbocycles. The minimum Gasteiger partial charge on any atom is -0.353 e. The zero-order valence-electron chi connectivity index (χ0n) is 7.82. The number of rotatable bonds is 2. The third-order valence-corrected chi connectivity index (χ3v) is 2.71. The summed E-state index contributed by atoms with van der Waals surface area (Å²) in [6, 6.07) is 0. The second kappa shape index (κ2) is 4.17. The smallest absolute Gasteiger partial charge is 0.179 e. The van der Waals surface area contributed by atoms with Crippen LogP contribution in [0.3, 0.4) is 0 Å². The number of ether oxygens (including phenoxy) is 1. The predicted octanol–water partition coefficient (Wildman–Crippen LogP) is 0.244. The van der Waals surface area contributed by atoms with Gasteiger partial charge in [0.15, 0.2) is 12.5 Å². The van der Waals surface area contributed by atoms with Gasteiger partial charge in [-0.2, -0.15) is 0 Å². The summed E-state index contributed by atoms with van der Waals surface area (Å²) in [5.74, 6) is 0. The van der Waals surface area contributed by atoms with Crippen LogP contribution in [-0.2, 0) is 9.53 Å². The molecule has 0 aromatic heterocycles. The SMILES string of the molecule is O=CC1OCCN1N1CCCCC1. The Balaban J connectivity index is 1.93. The van der Waals surface area contributed by atoms with Gasteiger partial charge in [0, 0.05) is 19.6 Å². The van der Waals surface area contributed by atoms with E-state index in [1.807, 2.05) is 0 Å². The van der Waals surface area contributed by atoms with E-state index in [-0.39, 0.29) is 6.23 Å². The molecule has 0 aliphatic carbocycles. The fraction of sp³-hybridized carbons (Fsp3) is 0.889. The fourth-order valence-electron chi connectivity index (χ4n) is 2.03. The molecule has 0 radical (unpaired) electrons. The van der Waals surface area contributed by atoms with Gasteiger partial charge >= 0.3 is 0 Å². The average molecular weight is 184 g/mol.